The van der Waals surface area contributed by atoms with Gasteiger partial charge in [0.05, 0.1) is 0 Å². The first-order valence-corrected chi connectivity index (χ1v) is 7.02. The fraction of sp³-hybridized carbons (Fsp3) is 0.462. The molecule has 108 valence electrons. The van der Waals surface area contributed by atoms with Gasteiger partial charge in [-0.15, -0.1) is 12.4 Å². The lowest BCUT2D eigenvalue weighted by molar-refractivity contribution is -0.131. The normalized spacial score (nSPS) is 11.6. The minimum absolute atomic E-state index is 0. The van der Waals surface area contributed by atoms with Gasteiger partial charge in [0.1, 0.15) is 0 Å². The van der Waals surface area contributed by atoms with E-state index in [4.69, 9.17) is 17.3 Å². The zero-order valence-corrected chi connectivity index (χ0v) is 14.2. The van der Waals surface area contributed by atoms with Crippen molar-refractivity contribution in [1.82, 2.24) is 4.90 Å². The number of amides is 1. The van der Waals surface area contributed by atoms with Gasteiger partial charge in [-0.25, -0.2) is 0 Å². The molecule has 0 heterocycles. The number of nitrogens with zero attached hydrogens (tertiary/aromatic N) is 1. The Hall–Kier alpha value is -0.290. The van der Waals surface area contributed by atoms with E-state index in [-0.39, 0.29) is 24.4 Å². The number of rotatable bonds is 5. The average Bonchev–Trinajstić information content (AvgIpc) is 2.37. The molecule has 0 aromatic heterocycles. The molecule has 1 unspecified atom stereocenters. The van der Waals surface area contributed by atoms with Gasteiger partial charge in [0.2, 0.25) is 5.91 Å². The van der Waals surface area contributed by atoms with Gasteiger partial charge in [0, 0.05) is 35.6 Å². The number of hydrogen-bond acceptors (Lipinski definition) is 2. The van der Waals surface area contributed by atoms with Gasteiger partial charge in [-0.3, -0.25) is 4.79 Å². The van der Waals surface area contributed by atoms with Crippen molar-refractivity contribution < 1.29 is 4.79 Å². The van der Waals surface area contributed by atoms with Crippen LogP contribution in [0.1, 0.15) is 18.9 Å². The lowest BCUT2D eigenvalue weighted by Crippen LogP contribution is -2.39. The number of benzene rings is 1. The molecule has 0 spiro atoms. The van der Waals surface area contributed by atoms with E-state index in [2.05, 4.69) is 15.9 Å². The van der Waals surface area contributed by atoms with Crippen LogP contribution in [-0.2, 0) is 11.2 Å². The fourth-order valence-electron chi connectivity index (χ4n) is 1.56. The van der Waals surface area contributed by atoms with Crippen LogP contribution in [0.15, 0.2) is 22.7 Å². The summed E-state index contributed by atoms with van der Waals surface area (Å²) in [5.74, 6) is 0.0971. The summed E-state index contributed by atoms with van der Waals surface area (Å²) in [7, 11) is 1.78. The number of nitrogens with two attached hydrogens (primary N) is 1. The molecule has 0 aliphatic heterocycles. The maximum atomic E-state index is 11.9. The highest BCUT2D eigenvalue weighted by molar-refractivity contribution is 9.10. The molecule has 0 saturated carbocycles. The third kappa shape index (κ3) is 5.69. The second-order valence-electron chi connectivity index (χ2n) is 4.33. The molecule has 0 bridgehead atoms. The number of carbonyl (C=O) groups excluding carboxylic acids is 1. The van der Waals surface area contributed by atoms with Crippen molar-refractivity contribution in [2.24, 2.45) is 5.73 Å². The van der Waals surface area contributed by atoms with Crippen LogP contribution in [0, 0.1) is 0 Å². The molecule has 1 atom stereocenters. The topological polar surface area (TPSA) is 46.3 Å². The van der Waals surface area contributed by atoms with Gasteiger partial charge in [-0.1, -0.05) is 27.5 Å². The van der Waals surface area contributed by atoms with Crippen molar-refractivity contribution >= 4 is 45.8 Å². The van der Waals surface area contributed by atoms with Crippen LogP contribution in [0.25, 0.3) is 0 Å². The molecule has 3 nitrogen and oxygen atoms in total. The molecule has 1 aromatic rings. The summed E-state index contributed by atoms with van der Waals surface area (Å²) in [6, 6.07) is 5.67. The summed E-state index contributed by atoms with van der Waals surface area (Å²) in [5, 5.41) is 0.685. The number of likely N-dealkylation sites (N-methyl/N-ethyl adjacent to an activating group) is 1. The standard InChI is InChI=1S/C13H18BrClN2O.ClH/c1-9(8-16)17(2)13(18)6-3-10-7-11(15)4-5-12(10)14;/h4-5,7,9H,3,6,8,16H2,1-2H3;1H. The smallest absolute Gasteiger partial charge is 0.222 e. The van der Waals surface area contributed by atoms with Crippen LogP contribution in [0.5, 0.6) is 0 Å². The summed E-state index contributed by atoms with van der Waals surface area (Å²) in [6.45, 7) is 2.41. The predicted octanol–water partition coefficient (Wildman–Crippen LogP) is 3.26. The highest BCUT2D eigenvalue weighted by Crippen LogP contribution is 2.22. The first-order chi connectivity index (χ1) is 8.45. The number of aryl methyl sites for hydroxylation is 1. The molecule has 0 fully saturated rings. The molecule has 6 heteroatoms. The van der Waals surface area contributed by atoms with E-state index in [1.807, 2.05) is 25.1 Å². The van der Waals surface area contributed by atoms with Crippen molar-refractivity contribution in [1.29, 1.82) is 0 Å². The molecule has 1 aromatic carbocycles. The Kier molecular flexibility index (Phi) is 8.66. The minimum atomic E-state index is 0. The molecule has 0 saturated heterocycles. The highest BCUT2D eigenvalue weighted by Gasteiger charge is 2.14. The Bertz CT molecular complexity index is 429. The summed E-state index contributed by atoms with van der Waals surface area (Å²) in [5.41, 5.74) is 6.59. The van der Waals surface area contributed by atoms with E-state index >= 15 is 0 Å². The van der Waals surface area contributed by atoms with E-state index in [0.29, 0.717) is 24.4 Å². The molecule has 19 heavy (non-hydrogen) atoms. The summed E-state index contributed by atoms with van der Waals surface area (Å²) in [6.07, 6.45) is 1.13. The SMILES string of the molecule is CC(CN)N(C)C(=O)CCc1cc(Cl)ccc1Br.Cl. The Labute approximate surface area is 134 Å². The average molecular weight is 370 g/mol. The molecule has 1 amide bonds. The quantitative estimate of drug-likeness (QED) is 0.865. The van der Waals surface area contributed by atoms with E-state index in [9.17, 15) is 4.79 Å². The lowest BCUT2D eigenvalue weighted by Gasteiger charge is -2.23. The minimum Gasteiger partial charge on any atom is -0.342 e. The van der Waals surface area contributed by atoms with Crippen LogP contribution in [0.4, 0.5) is 0 Å². The van der Waals surface area contributed by atoms with E-state index in [1.165, 1.54) is 0 Å². The van der Waals surface area contributed by atoms with Crippen LogP contribution in [0.2, 0.25) is 5.02 Å². The van der Waals surface area contributed by atoms with Gasteiger partial charge in [0.25, 0.3) is 0 Å². The van der Waals surface area contributed by atoms with Gasteiger partial charge < -0.3 is 10.6 Å². The third-order valence-electron chi connectivity index (χ3n) is 3.01. The van der Waals surface area contributed by atoms with Crippen molar-refractivity contribution in [3.8, 4) is 0 Å². The molecular weight excluding hydrogens is 351 g/mol. The molecule has 2 N–H and O–H groups in total. The van der Waals surface area contributed by atoms with Crippen molar-refractivity contribution in [2.45, 2.75) is 25.8 Å². The van der Waals surface area contributed by atoms with Crippen LogP contribution in [0.3, 0.4) is 0 Å². The Balaban J connectivity index is 0.00000324. The Morgan fingerprint density at radius 2 is 2.16 bits per heavy atom. The molecule has 0 aliphatic carbocycles. The largest absolute Gasteiger partial charge is 0.342 e. The molecular formula is C13H19BrCl2N2O. The van der Waals surface area contributed by atoms with E-state index < -0.39 is 0 Å². The lowest BCUT2D eigenvalue weighted by atomic mass is 10.1. The second kappa shape index (κ2) is 8.80. The predicted molar refractivity (Wildman–Crippen MR) is 86.0 cm³/mol. The first kappa shape index (κ1) is 18.7. The van der Waals surface area contributed by atoms with Gasteiger partial charge >= 0.3 is 0 Å². The number of hydrogen-bond donors (Lipinski definition) is 1. The van der Waals surface area contributed by atoms with Crippen LogP contribution >= 0.6 is 39.9 Å². The first-order valence-electron chi connectivity index (χ1n) is 5.85. The number of carbonyl (C=O) groups is 1. The summed E-state index contributed by atoms with van der Waals surface area (Å²) >= 11 is 9.39. The summed E-state index contributed by atoms with van der Waals surface area (Å²) in [4.78, 5) is 13.6. The molecule has 0 radical (unpaired) electrons. The van der Waals surface area contributed by atoms with E-state index in [1.54, 1.807) is 11.9 Å². The van der Waals surface area contributed by atoms with Gasteiger partial charge in [0.15, 0.2) is 0 Å². The van der Waals surface area contributed by atoms with Gasteiger partial charge in [-0.05, 0) is 37.1 Å². The third-order valence-corrected chi connectivity index (χ3v) is 4.02. The van der Waals surface area contributed by atoms with E-state index in [0.717, 1.165) is 10.0 Å². The highest BCUT2D eigenvalue weighted by atomic mass is 79.9. The monoisotopic (exact) mass is 368 g/mol. The second-order valence-corrected chi connectivity index (χ2v) is 5.62. The van der Waals surface area contributed by atoms with Gasteiger partial charge in [-0.2, -0.15) is 0 Å². The fourth-order valence-corrected chi connectivity index (χ4v) is 2.20. The zero-order valence-electron chi connectivity index (χ0n) is 11.0. The van der Waals surface area contributed by atoms with Crippen molar-refractivity contribution in [3.05, 3.63) is 33.3 Å². The molecule has 0 aliphatic rings. The van der Waals surface area contributed by atoms with Crippen LogP contribution in [-0.4, -0.2) is 30.4 Å². The zero-order chi connectivity index (χ0) is 13.7. The van der Waals surface area contributed by atoms with Crippen molar-refractivity contribution in [2.75, 3.05) is 13.6 Å². The molecule has 1 rings (SSSR count). The Morgan fingerprint density at radius 1 is 1.53 bits per heavy atom. The maximum Gasteiger partial charge on any atom is 0.222 e. The number of halogens is 3. The Morgan fingerprint density at radius 3 is 2.74 bits per heavy atom. The van der Waals surface area contributed by atoms with Crippen molar-refractivity contribution in [3.63, 3.8) is 0 Å². The van der Waals surface area contributed by atoms with Crippen LogP contribution < -0.4 is 5.73 Å². The maximum absolute atomic E-state index is 11.9. The summed E-state index contributed by atoms with van der Waals surface area (Å²) < 4.78 is 0.981.